The molecule has 0 bridgehead atoms. The average Bonchev–Trinajstić information content (AvgIpc) is 4.06. The van der Waals surface area contributed by atoms with E-state index in [9.17, 15) is 19.2 Å². The Morgan fingerprint density at radius 2 is 1.02 bits per heavy atom. The van der Waals surface area contributed by atoms with E-state index in [1.807, 2.05) is 58.3 Å². The monoisotopic (exact) mass is 938 g/mol. The van der Waals surface area contributed by atoms with E-state index in [2.05, 4.69) is 32.4 Å². The summed E-state index contributed by atoms with van der Waals surface area (Å²) in [6.45, 7) is 2.16. The second kappa shape index (κ2) is 18.6. The number of halogens is 2. The van der Waals surface area contributed by atoms with Gasteiger partial charge in [0.25, 0.3) is 0 Å². The molecule has 6 aliphatic rings. The number of benzene rings is 2. The summed E-state index contributed by atoms with van der Waals surface area (Å²) >= 11 is 13.6. The molecule has 6 heterocycles. The fourth-order valence-electron chi connectivity index (χ4n) is 10.6. The van der Waals surface area contributed by atoms with Crippen molar-refractivity contribution in [3.63, 3.8) is 0 Å². The number of hydrogen-bond acceptors (Lipinski definition) is 10. The largest absolute Gasteiger partial charge is 0.453 e. The highest BCUT2D eigenvalue weighted by Gasteiger charge is 2.58. The van der Waals surface area contributed by atoms with Crippen molar-refractivity contribution in [2.24, 2.45) is 23.7 Å². The lowest BCUT2D eigenvalue weighted by atomic mass is 9.90. The number of fused-ring (bicyclic) bond motifs is 2. The Bertz CT molecular complexity index is 2370. The minimum atomic E-state index is -0.720. The maximum Gasteiger partial charge on any atom is 0.407 e. The summed E-state index contributed by atoms with van der Waals surface area (Å²) < 4.78 is 20.9. The predicted molar refractivity (Wildman–Crippen MR) is 242 cm³/mol. The lowest BCUT2D eigenvalue weighted by molar-refractivity contribution is -0.138. The Morgan fingerprint density at radius 1 is 0.636 bits per heavy atom. The smallest absolute Gasteiger partial charge is 0.407 e. The Morgan fingerprint density at radius 3 is 1.38 bits per heavy atom. The minimum absolute atomic E-state index is 0.0582. The van der Waals surface area contributed by atoms with Crippen molar-refractivity contribution in [1.29, 1.82) is 0 Å². The number of aromatic nitrogens is 4. The molecule has 4 N–H and O–H groups in total. The number of amides is 4. The van der Waals surface area contributed by atoms with Crippen molar-refractivity contribution < 1.29 is 38.1 Å². The summed E-state index contributed by atoms with van der Waals surface area (Å²) in [7, 11) is 2.60. The molecule has 2 aromatic carbocycles. The number of imidazole rings is 2. The van der Waals surface area contributed by atoms with Crippen molar-refractivity contribution in [1.82, 2.24) is 40.4 Å². The van der Waals surface area contributed by atoms with Crippen LogP contribution in [0.3, 0.4) is 0 Å². The minimum Gasteiger partial charge on any atom is -0.453 e. The summed E-state index contributed by atoms with van der Waals surface area (Å²) in [5.41, 5.74) is 4.38. The predicted octanol–water partition coefficient (Wildman–Crippen LogP) is 6.80. The number of carbonyl (C=O) groups excluding carboxylic acids is 4. The number of ether oxygens (including phenoxy) is 4. The van der Waals surface area contributed by atoms with Crippen LogP contribution in [0.1, 0.15) is 86.2 Å². The molecule has 4 saturated heterocycles. The van der Waals surface area contributed by atoms with Crippen molar-refractivity contribution in [3.8, 4) is 34.4 Å². The molecule has 0 radical (unpaired) electrons. The van der Waals surface area contributed by atoms with Crippen LogP contribution in [0.25, 0.3) is 22.5 Å². The molecule has 0 spiro atoms. The van der Waals surface area contributed by atoms with Gasteiger partial charge in [-0.3, -0.25) is 9.59 Å². The van der Waals surface area contributed by atoms with Gasteiger partial charge in [0.15, 0.2) is 0 Å². The zero-order valence-corrected chi connectivity index (χ0v) is 38.2. The molecule has 18 heteroatoms. The number of alkyl carbamates (subject to hydrolysis) is 2. The van der Waals surface area contributed by atoms with E-state index in [0.717, 1.165) is 47.9 Å². The SMILES string of the molecule is COC(=O)N[C@H](C(=O)N1[C@@H](c2nc(-c3ccc(C#Cc4ccc(-c5nc([C@@H]6C[C@H]7C[C@H]7N6C(=O)[C@H](NC(=O)OC)C6CCOCC6)[nH]c5Cl)cc4)cc3)c(Cl)[nH]2)C[C@H]2C[C@H]21)C1CCOCC1. The Hall–Kier alpha value is -5.60. The molecule has 6 fully saturated rings. The molecule has 66 heavy (non-hydrogen) atoms. The van der Waals surface area contributed by atoms with Crippen LogP contribution in [-0.4, -0.2) is 119 Å². The van der Waals surface area contributed by atoms with Gasteiger partial charge in [0.2, 0.25) is 11.8 Å². The molecule has 2 saturated carbocycles. The first kappa shape index (κ1) is 44.2. The van der Waals surface area contributed by atoms with E-state index >= 15 is 0 Å². The van der Waals surface area contributed by atoms with Crippen molar-refractivity contribution in [3.05, 3.63) is 81.6 Å². The highest BCUT2D eigenvalue weighted by Crippen LogP contribution is 2.55. The summed E-state index contributed by atoms with van der Waals surface area (Å²) in [5.74, 6) is 8.11. The molecule has 8 atom stereocenters. The van der Waals surface area contributed by atoms with Crippen LogP contribution >= 0.6 is 23.2 Å². The van der Waals surface area contributed by atoms with E-state index in [0.29, 0.717) is 97.3 Å². The zero-order chi connectivity index (χ0) is 45.6. The summed E-state index contributed by atoms with van der Waals surface area (Å²) in [6, 6.07) is 13.5. The number of hydrogen-bond donors (Lipinski definition) is 4. The Labute approximate surface area is 392 Å². The molecule has 10 rings (SSSR count). The average molecular weight is 940 g/mol. The number of piperidine rings is 2. The summed E-state index contributed by atoms with van der Waals surface area (Å²) in [5, 5.41) is 6.42. The number of nitrogens with one attached hydrogen (secondary N) is 4. The first-order valence-electron chi connectivity index (χ1n) is 22.8. The number of methoxy groups -OCH3 is 2. The molecule has 4 aliphatic heterocycles. The number of H-pyrrole nitrogens is 2. The van der Waals surface area contributed by atoms with Crippen molar-refractivity contribution >= 4 is 47.2 Å². The number of nitrogens with zero attached hydrogens (tertiary/aromatic N) is 4. The van der Waals surface area contributed by atoms with Gasteiger partial charge in [0.1, 0.15) is 45.4 Å². The van der Waals surface area contributed by atoms with Gasteiger partial charge in [0, 0.05) is 60.8 Å². The van der Waals surface area contributed by atoms with E-state index < -0.39 is 24.3 Å². The number of likely N-dealkylation sites (tertiary alicyclic amines) is 2. The molecule has 346 valence electrons. The Balaban J connectivity index is 0.803. The molecular weight excluding hydrogens is 887 g/mol. The third-order valence-corrected chi connectivity index (χ3v) is 14.8. The van der Waals surface area contributed by atoms with E-state index in [-0.39, 0.29) is 47.8 Å². The standard InChI is InChI=1S/C48H52Cl2N8O8/c1-63-47(61)53-39(29-13-17-65-18-14-29)45(59)57-33-21-31(33)23-35(57)43-51-37(41(49)55-43)27-9-5-25(6-10-27)3-4-26-7-11-28(12-8-26)38-42(50)56-44(52-38)36-24-32-22-34(32)58(36)46(60)40(54-48(62)64-2)30-15-19-66-20-16-30/h5-12,29-36,39-40H,13-24H2,1-2H3,(H,51,55)(H,52,56)(H,53,61)(H,54,62)/t31-,32-,33-,34-,35-,36+,39+,40-/m1/s1. The number of carbonyl (C=O) groups is 4. The molecule has 16 nitrogen and oxygen atoms in total. The lowest BCUT2D eigenvalue weighted by Gasteiger charge is -2.35. The van der Waals surface area contributed by atoms with Crippen LogP contribution in [0, 0.1) is 35.5 Å². The second-order valence-electron chi connectivity index (χ2n) is 18.2. The van der Waals surface area contributed by atoms with Crippen molar-refractivity contribution in [2.75, 3.05) is 40.6 Å². The first-order chi connectivity index (χ1) is 32.1. The van der Waals surface area contributed by atoms with E-state index in [1.165, 1.54) is 14.2 Å². The number of rotatable bonds is 10. The van der Waals surface area contributed by atoms with Crippen LogP contribution < -0.4 is 10.6 Å². The van der Waals surface area contributed by atoms with E-state index in [1.54, 1.807) is 0 Å². The molecule has 4 aromatic rings. The fourth-order valence-corrected chi connectivity index (χ4v) is 11.1. The van der Waals surface area contributed by atoms with Gasteiger partial charge >= 0.3 is 12.2 Å². The van der Waals surface area contributed by atoms with Crippen LogP contribution in [0.15, 0.2) is 48.5 Å². The maximum atomic E-state index is 14.2. The molecule has 4 amide bonds. The van der Waals surface area contributed by atoms with Gasteiger partial charge in [-0.1, -0.05) is 59.3 Å². The van der Waals surface area contributed by atoms with Gasteiger partial charge < -0.3 is 49.3 Å². The van der Waals surface area contributed by atoms with Crippen molar-refractivity contribution in [2.45, 2.75) is 87.6 Å². The van der Waals surface area contributed by atoms with Gasteiger partial charge in [-0.05, 0) is 99.3 Å². The van der Waals surface area contributed by atoms with Crippen LogP contribution in [-0.2, 0) is 28.5 Å². The highest BCUT2D eigenvalue weighted by atomic mass is 35.5. The zero-order valence-electron chi connectivity index (χ0n) is 36.7. The third-order valence-electron chi connectivity index (χ3n) is 14.3. The quantitative estimate of drug-likeness (QED) is 0.123. The second-order valence-corrected chi connectivity index (χ2v) is 19.0. The first-order valence-corrected chi connectivity index (χ1v) is 23.6. The summed E-state index contributed by atoms with van der Waals surface area (Å²) in [6.07, 6.45) is 4.82. The highest BCUT2D eigenvalue weighted by molar-refractivity contribution is 6.32. The lowest BCUT2D eigenvalue weighted by Crippen LogP contribution is -2.54. The molecular formula is C48H52Cl2N8O8. The topological polar surface area (TPSA) is 193 Å². The van der Waals surface area contributed by atoms with E-state index in [4.69, 9.17) is 52.1 Å². The summed E-state index contributed by atoms with van der Waals surface area (Å²) in [4.78, 5) is 73.4. The molecule has 2 aromatic heterocycles. The normalized spacial score (nSPS) is 25.5. The molecule has 0 unspecified atom stereocenters. The van der Waals surface area contributed by atoms with Crippen LogP contribution in [0.4, 0.5) is 9.59 Å². The number of aromatic amines is 2. The van der Waals surface area contributed by atoms with Gasteiger partial charge in [-0.15, -0.1) is 0 Å². The van der Waals surface area contributed by atoms with Gasteiger partial charge in [-0.25, -0.2) is 19.6 Å². The Kier molecular flexibility index (Phi) is 12.5. The molecule has 2 aliphatic carbocycles. The van der Waals surface area contributed by atoms with Gasteiger partial charge in [-0.2, -0.15) is 0 Å². The van der Waals surface area contributed by atoms with Gasteiger partial charge in [0.05, 0.1) is 26.3 Å². The fraction of sp³-hybridized carbons (Fsp3) is 0.500. The van der Waals surface area contributed by atoms with Crippen LogP contribution in [0.5, 0.6) is 0 Å². The third kappa shape index (κ3) is 8.86. The maximum absolute atomic E-state index is 14.2. The van der Waals surface area contributed by atoms with Crippen LogP contribution in [0.2, 0.25) is 10.3 Å².